The number of alkyl halides is 2. The molecule has 0 spiro atoms. The van der Waals surface area contributed by atoms with Crippen molar-refractivity contribution in [3.8, 4) is 0 Å². The molecule has 0 aliphatic carbocycles. The van der Waals surface area contributed by atoms with Gasteiger partial charge < -0.3 is 5.32 Å². The van der Waals surface area contributed by atoms with Gasteiger partial charge in [0, 0.05) is 24.6 Å². The SMILES string of the molecule is CNC[C@@](F)(CS)NC[C@](F)(CS)NC. The molecule has 0 bridgehead atoms. The maximum absolute atomic E-state index is 13.9. The maximum atomic E-state index is 13.9. The number of hydrogen-bond donors (Lipinski definition) is 5. The first kappa shape index (κ1) is 15.4. The molecule has 7 heteroatoms. The predicted molar refractivity (Wildman–Crippen MR) is 66.4 cm³/mol. The van der Waals surface area contributed by atoms with Crippen molar-refractivity contribution in [2.45, 2.75) is 11.6 Å². The molecule has 0 rings (SSSR count). The number of likely N-dealkylation sites (N-methyl/N-ethyl adjacent to an activating group) is 2. The van der Waals surface area contributed by atoms with E-state index in [0.29, 0.717) is 0 Å². The Balaban J connectivity index is 4.20. The summed E-state index contributed by atoms with van der Waals surface area (Å²) in [5.74, 6) is -3.48. The van der Waals surface area contributed by atoms with Gasteiger partial charge in [0.1, 0.15) is 0 Å². The van der Waals surface area contributed by atoms with Crippen molar-refractivity contribution in [3.05, 3.63) is 0 Å². The van der Waals surface area contributed by atoms with Gasteiger partial charge in [-0.05, 0) is 14.1 Å². The van der Waals surface area contributed by atoms with E-state index in [1.165, 1.54) is 7.05 Å². The largest absolute Gasteiger partial charge is 0.315 e. The van der Waals surface area contributed by atoms with E-state index in [1.807, 2.05) is 0 Å². The Morgan fingerprint density at radius 3 is 1.87 bits per heavy atom. The first-order valence-corrected chi connectivity index (χ1v) is 5.90. The number of rotatable bonds is 8. The molecule has 0 saturated heterocycles. The van der Waals surface area contributed by atoms with E-state index in [2.05, 4.69) is 41.2 Å². The van der Waals surface area contributed by atoms with E-state index in [0.717, 1.165) is 0 Å². The van der Waals surface area contributed by atoms with E-state index in [4.69, 9.17) is 0 Å². The minimum absolute atomic E-state index is 0.0276. The second-order valence-corrected chi connectivity index (χ2v) is 4.01. The molecule has 0 aliphatic rings. The minimum Gasteiger partial charge on any atom is -0.315 e. The molecule has 0 heterocycles. The van der Waals surface area contributed by atoms with Gasteiger partial charge in [-0.2, -0.15) is 25.3 Å². The van der Waals surface area contributed by atoms with E-state index >= 15 is 0 Å². The third-order valence-electron chi connectivity index (χ3n) is 2.09. The molecule has 3 N–H and O–H groups in total. The summed E-state index contributed by atoms with van der Waals surface area (Å²) in [6.07, 6.45) is 0. The van der Waals surface area contributed by atoms with Crippen LogP contribution in [0.1, 0.15) is 0 Å². The summed E-state index contributed by atoms with van der Waals surface area (Å²) in [6, 6.07) is 0. The van der Waals surface area contributed by atoms with Crippen LogP contribution in [0.5, 0.6) is 0 Å². The fourth-order valence-electron chi connectivity index (χ4n) is 0.976. The van der Waals surface area contributed by atoms with Crippen molar-refractivity contribution < 1.29 is 8.78 Å². The topological polar surface area (TPSA) is 36.1 Å². The molecule has 15 heavy (non-hydrogen) atoms. The summed E-state index contributed by atoms with van der Waals surface area (Å²) in [4.78, 5) is 0. The van der Waals surface area contributed by atoms with Crippen molar-refractivity contribution in [1.82, 2.24) is 16.0 Å². The lowest BCUT2D eigenvalue weighted by molar-refractivity contribution is 0.0870. The van der Waals surface area contributed by atoms with Crippen LogP contribution < -0.4 is 16.0 Å². The van der Waals surface area contributed by atoms with Crippen molar-refractivity contribution in [2.75, 3.05) is 38.7 Å². The van der Waals surface area contributed by atoms with Crippen LogP contribution in [0.25, 0.3) is 0 Å². The highest BCUT2D eigenvalue weighted by Gasteiger charge is 2.32. The van der Waals surface area contributed by atoms with Crippen molar-refractivity contribution in [3.63, 3.8) is 0 Å². The Hall–Kier alpha value is 0.440. The van der Waals surface area contributed by atoms with Crippen LogP contribution in [-0.4, -0.2) is 50.3 Å². The Labute approximate surface area is 101 Å². The molecule has 0 aliphatic heterocycles. The minimum atomic E-state index is -1.71. The Morgan fingerprint density at radius 1 is 1.00 bits per heavy atom. The van der Waals surface area contributed by atoms with Gasteiger partial charge in [0.2, 0.25) is 0 Å². The summed E-state index contributed by atoms with van der Waals surface area (Å²) in [6.45, 7) is -0.0887. The molecule has 0 radical (unpaired) electrons. The fourth-order valence-corrected chi connectivity index (χ4v) is 1.47. The summed E-state index contributed by atoms with van der Waals surface area (Å²) in [5.41, 5.74) is 0. The van der Waals surface area contributed by atoms with Gasteiger partial charge in [-0.15, -0.1) is 0 Å². The van der Waals surface area contributed by atoms with Crippen LogP contribution in [0.15, 0.2) is 0 Å². The lowest BCUT2D eigenvalue weighted by Crippen LogP contribution is -2.58. The maximum Gasteiger partial charge on any atom is 0.183 e. The molecule has 0 aromatic heterocycles. The summed E-state index contributed by atoms with van der Waals surface area (Å²) >= 11 is 7.74. The van der Waals surface area contributed by atoms with Gasteiger partial charge in [-0.25, -0.2) is 8.78 Å². The Kier molecular flexibility index (Phi) is 7.10. The first-order chi connectivity index (χ1) is 6.95. The van der Waals surface area contributed by atoms with Gasteiger partial charge in [-0.3, -0.25) is 10.6 Å². The van der Waals surface area contributed by atoms with Crippen molar-refractivity contribution in [2.24, 2.45) is 0 Å². The Morgan fingerprint density at radius 2 is 1.53 bits per heavy atom. The molecule has 0 unspecified atom stereocenters. The first-order valence-electron chi connectivity index (χ1n) is 4.63. The van der Waals surface area contributed by atoms with E-state index in [9.17, 15) is 8.78 Å². The number of nitrogens with one attached hydrogen (secondary N) is 3. The van der Waals surface area contributed by atoms with Crippen molar-refractivity contribution in [1.29, 1.82) is 0 Å². The van der Waals surface area contributed by atoms with Crippen LogP contribution in [0.4, 0.5) is 8.78 Å². The Bertz CT molecular complexity index is 181. The fraction of sp³-hybridized carbons (Fsp3) is 1.00. The van der Waals surface area contributed by atoms with Gasteiger partial charge in [0.05, 0.1) is 0 Å². The predicted octanol–water partition coefficient (Wildman–Crippen LogP) is 0.206. The number of halogens is 2. The normalized spacial score (nSPS) is 19.6. The molecule has 0 aromatic carbocycles. The van der Waals surface area contributed by atoms with E-state index in [1.54, 1.807) is 7.05 Å². The van der Waals surface area contributed by atoms with Gasteiger partial charge >= 0.3 is 0 Å². The lowest BCUT2D eigenvalue weighted by Gasteiger charge is -2.30. The van der Waals surface area contributed by atoms with Crippen molar-refractivity contribution >= 4 is 25.3 Å². The van der Waals surface area contributed by atoms with E-state index < -0.39 is 11.6 Å². The van der Waals surface area contributed by atoms with Crippen LogP contribution in [0.2, 0.25) is 0 Å². The molecule has 0 fully saturated rings. The quantitative estimate of drug-likeness (QED) is 0.319. The number of thiol groups is 2. The highest BCUT2D eigenvalue weighted by Crippen LogP contribution is 2.12. The number of hydrogen-bond acceptors (Lipinski definition) is 5. The average Bonchev–Trinajstić information content (AvgIpc) is 2.26. The monoisotopic (exact) mass is 259 g/mol. The molecule has 0 aromatic rings. The average molecular weight is 259 g/mol. The summed E-state index contributed by atoms with van der Waals surface area (Å²) in [7, 11) is 3.09. The summed E-state index contributed by atoms with van der Waals surface area (Å²) in [5, 5.41) is 7.63. The van der Waals surface area contributed by atoms with Gasteiger partial charge in [-0.1, -0.05) is 0 Å². The van der Waals surface area contributed by atoms with E-state index in [-0.39, 0.29) is 24.6 Å². The lowest BCUT2D eigenvalue weighted by atomic mass is 10.2. The molecule has 2 atom stereocenters. The third kappa shape index (κ3) is 5.35. The standard InChI is InChI=1S/C8H19F2N3S2/c1-11-3-8(10,6-15)13-4-7(9,5-14)12-2/h11-15H,3-6H2,1-2H3/t7-,8+/m1/s1. The van der Waals surface area contributed by atoms with Crippen LogP contribution in [0.3, 0.4) is 0 Å². The summed E-state index contributed by atoms with van der Waals surface area (Å²) < 4.78 is 27.5. The van der Waals surface area contributed by atoms with Gasteiger partial charge in [0.15, 0.2) is 11.6 Å². The van der Waals surface area contributed by atoms with Crippen LogP contribution in [0, 0.1) is 0 Å². The highest BCUT2D eigenvalue weighted by atomic mass is 32.1. The highest BCUT2D eigenvalue weighted by molar-refractivity contribution is 7.80. The zero-order chi connectivity index (χ0) is 11.9. The second kappa shape index (κ2) is 6.90. The molecular weight excluding hydrogens is 240 g/mol. The molecule has 0 amide bonds. The molecule has 3 nitrogen and oxygen atoms in total. The smallest absolute Gasteiger partial charge is 0.183 e. The van der Waals surface area contributed by atoms with Crippen LogP contribution >= 0.6 is 25.3 Å². The van der Waals surface area contributed by atoms with Gasteiger partial charge in [0.25, 0.3) is 0 Å². The third-order valence-corrected chi connectivity index (χ3v) is 3.09. The zero-order valence-corrected chi connectivity index (χ0v) is 10.8. The zero-order valence-electron chi connectivity index (χ0n) is 8.98. The second-order valence-electron chi connectivity index (χ2n) is 3.38. The van der Waals surface area contributed by atoms with Crippen LogP contribution in [-0.2, 0) is 0 Å². The molecule has 92 valence electrons. The molecular formula is C8H19F2N3S2. The molecule has 0 saturated carbocycles.